The molecule has 50 heavy (non-hydrogen) atoms. The Labute approximate surface area is 284 Å². The highest BCUT2D eigenvalue weighted by Gasteiger charge is 2.42. The van der Waals surface area contributed by atoms with E-state index in [-0.39, 0.29) is 16.9 Å². The highest BCUT2D eigenvalue weighted by Crippen LogP contribution is 2.39. The van der Waals surface area contributed by atoms with Crippen LogP contribution in [0.1, 0.15) is 28.4 Å². The summed E-state index contributed by atoms with van der Waals surface area (Å²) in [7, 11) is 2.90. The monoisotopic (exact) mass is 721 g/mol. The van der Waals surface area contributed by atoms with Crippen LogP contribution in [0.15, 0.2) is 83.4 Å². The second-order valence-corrected chi connectivity index (χ2v) is 11.6. The molecular formula is C34H26F7N3O5S. The quantitative estimate of drug-likeness (QED) is 0.0632. The number of methoxy groups -OCH3 is 2. The van der Waals surface area contributed by atoms with Crippen molar-refractivity contribution in [1.82, 2.24) is 5.32 Å². The van der Waals surface area contributed by atoms with Gasteiger partial charge in [0.2, 0.25) is 5.91 Å². The number of amides is 3. The van der Waals surface area contributed by atoms with Crippen LogP contribution in [-0.4, -0.2) is 37.2 Å². The average molecular weight is 722 g/mol. The minimum absolute atomic E-state index is 0.134. The molecule has 4 aromatic carbocycles. The summed E-state index contributed by atoms with van der Waals surface area (Å²) in [5.41, 5.74) is -3.57. The van der Waals surface area contributed by atoms with Crippen molar-refractivity contribution < 1.29 is 54.6 Å². The molecule has 0 heterocycles. The van der Waals surface area contributed by atoms with E-state index >= 15 is 0 Å². The van der Waals surface area contributed by atoms with Gasteiger partial charge in [0.25, 0.3) is 11.8 Å². The summed E-state index contributed by atoms with van der Waals surface area (Å²) < 4.78 is 106. The fourth-order valence-corrected chi connectivity index (χ4v) is 5.21. The van der Waals surface area contributed by atoms with Gasteiger partial charge in [-0.15, -0.1) is 11.8 Å². The molecule has 1 atom stereocenters. The molecule has 0 radical (unpaired) electrons. The van der Waals surface area contributed by atoms with Crippen LogP contribution in [0, 0.1) is 23.3 Å². The molecule has 1 unspecified atom stereocenters. The van der Waals surface area contributed by atoms with Crippen LogP contribution in [0.2, 0.25) is 0 Å². The van der Waals surface area contributed by atoms with Gasteiger partial charge in [-0.3, -0.25) is 14.4 Å². The lowest BCUT2D eigenvalue weighted by atomic mass is 10.1. The van der Waals surface area contributed by atoms with Crippen LogP contribution >= 0.6 is 11.8 Å². The Morgan fingerprint density at radius 2 is 1.38 bits per heavy atom. The van der Waals surface area contributed by atoms with Gasteiger partial charge in [0, 0.05) is 16.1 Å². The molecule has 3 N–H and O–H groups in total. The lowest BCUT2D eigenvalue weighted by Gasteiger charge is -2.16. The number of alkyl halides is 3. The van der Waals surface area contributed by atoms with E-state index in [1.165, 1.54) is 51.5 Å². The minimum Gasteiger partial charge on any atom is -0.493 e. The van der Waals surface area contributed by atoms with Crippen molar-refractivity contribution in [3.05, 3.63) is 118 Å². The smallest absolute Gasteiger partial charge is 0.422 e. The number of rotatable bonds is 11. The van der Waals surface area contributed by atoms with Crippen LogP contribution < -0.4 is 25.4 Å². The first-order valence-electron chi connectivity index (χ1n) is 14.3. The van der Waals surface area contributed by atoms with Gasteiger partial charge in [0.15, 0.2) is 34.8 Å². The van der Waals surface area contributed by atoms with Crippen LogP contribution in [-0.2, 0) is 15.8 Å². The molecule has 0 aliphatic heterocycles. The molecular weight excluding hydrogens is 695 g/mol. The molecule has 0 saturated carbocycles. The zero-order valence-corrected chi connectivity index (χ0v) is 27.0. The Morgan fingerprint density at radius 1 is 0.780 bits per heavy atom. The Morgan fingerprint density at radius 3 is 1.94 bits per heavy atom. The van der Waals surface area contributed by atoms with Crippen LogP contribution in [0.3, 0.4) is 0 Å². The van der Waals surface area contributed by atoms with Gasteiger partial charge in [-0.05, 0) is 67.1 Å². The number of hydrogen-bond acceptors (Lipinski definition) is 6. The van der Waals surface area contributed by atoms with Crippen LogP contribution in [0.4, 0.5) is 42.1 Å². The third-order valence-corrected chi connectivity index (χ3v) is 7.95. The van der Waals surface area contributed by atoms with Crippen molar-refractivity contribution in [1.29, 1.82) is 0 Å². The highest BCUT2D eigenvalue weighted by atomic mass is 32.2. The van der Waals surface area contributed by atoms with E-state index in [1.807, 2.05) is 0 Å². The average Bonchev–Trinajstić information content (AvgIpc) is 3.09. The molecule has 16 heteroatoms. The van der Waals surface area contributed by atoms with E-state index in [0.717, 1.165) is 11.8 Å². The SMILES string of the molecule is COc1ccc(/C=C(\NC(=O)c2ccccc2)C(=O)Nc2ccc(SC(C)C(=O)Nc3c(F)c(F)c(C(F)(F)F)c(F)c3F)cc2)cc1OC. The normalized spacial score (nSPS) is 12.2. The summed E-state index contributed by atoms with van der Waals surface area (Å²) in [6.45, 7) is 1.27. The molecule has 0 aromatic heterocycles. The number of carbonyl (C=O) groups is 3. The van der Waals surface area contributed by atoms with Gasteiger partial charge < -0.3 is 25.4 Å². The number of anilines is 2. The number of halogens is 7. The molecule has 0 aliphatic rings. The van der Waals surface area contributed by atoms with E-state index in [1.54, 1.807) is 53.8 Å². The highest BCUT2D eigenvalue weighted by molar-refractivity contribution is 8.00. The van der Waals surface area contributed by atoms with Gasteiger partial charge in [0.1, 0.15) is 16.9 Å². The maximum atomic E-state index is 14.3. The van der Waals surface area contributed by atoms with Crippen molar-refractivity contribution >= 4 is 46.9 Å². The maximum Gasteiger partial charge on any atom is 0.422 e. The summed E-state index contributed by atoms with van der Waals surface area (Å²) in [6, 6.07) is 18.8. The number of hydrogen-bond donors (Lipinski definition) is 3. The summed E-state index contributed by atoms with van der Waals surface area (Å²) in [5, 5.41) is 5.67. The molecule has 4 aromatic rings. The van der Waals surface area contributed by atoms with Crippen molar-refractivity contribution in [3.8, 4) is 11.5 Å². The molecule has 0 fully saturated rings. The van der Waals surface area contributed by atoms with E-state index < -0.39 is 63.7 Å². The lowest BCUT2D eigenvalue weighted by molar-refractivity contribution is -0.143. The Bertz CT molecular complexity index is 1910. The number of nitrogens with one attached hydrogen (secondary N) is 3. The first-order valence-corrected chi connectivity index (χ1v) is 15.1. The van der Waals surface area contributed by atoms with Crippen LogP contribution in [0.5, 0.6) is 11.5 Å². The third kappa shape index (κ3) is 8.74. The van der Waals surface area contributed by atoms with Crippen molar-refractivity contribution in [3.63, 3.8) is 0 Å². The summed E-state index contributed by atoms with van der Waals surface area (Å²) in [6.07, 6.45) is -4.31. The molecule has 0 bridgehead atoms. The number of ether oxygens (including phenoxy) is 2. The molecule has 3 amide bonds. The zero-order chi connectivity index (χ0) is 36.7. The predicted molar refractivity (Wildman–Crippen MR) is 172 cm³/mol. The first-order chi connectivity index (χ1) is 23.6. The van der Waals surface area contributed by atoms with Gasteiger partial charge in [-0.1, -0.05) is 24.3 Å². The molecule has 262 valence electrons. The Kier molecular flexibility index (Phi) is 11.8. The fraction of sp³-hybridized carbons (Fsp3) is 0.147. The lowest BCUT2D eigenvalue weighted by Crippen LogP contribution is -2.30. The van der Waals surface area contributed by atoms with E-state index in [2.05, 4.69) is 10.6 Å². The first kappa shape index (κ1) is 37.3. The van der Waals surface area contributed by atoms with Gasteiger partial charge in [-0.2, -0.15) is 13.2 Å². The number of carbonyl (C=O) groups excluding carboxylic acids is 3. The zero-order valence-electron chi connectivity index (χ0n) is 26.2. The topological polar surface area (TPSA) is 106 Å². The van der Waals surface area contributed by atoms with Crippen molar-refractivity contribution in [2.45, 2.75) is 23.2 Å². The fourth-order valence-electron chi connectivity index (χ4n) is 4.34. The van der Waals surface area contributed by atoms with Crippen molar-refractivity contribution in [2.24, 2.45) is 0 Å². The van der Waals surface area contributed by atoms with Gasteiger partial charge in [0.05, 0.1) is 19.5 Å². The molecule has 0 saturated heterocycles. The van der Waals surface area contributed by atoms with E-state index in [0.29, 0.717) is 22.0 Å². The molecule has 0 spiro atoms. The Balaban J connectivity index is 1.49. The maximum absolute atomic E-state index is 14.3. The van der Waals surface area contributed by atoms with E-state index in [9.17, 15) is 45.1 Å². The molecule has 4 rings (SSSR count). The summed E-state index contributed by atoms with van der Waals surface area (Å²) >= 11 is 0.819. The molecule has 0 aliphatic carbocycles. The van der Waals surface area contributed by atoms with Gasteiger partial charge >= 0.3 is 6.18 Å². The number of benzene rings is 4. The number of thioether (sulfide) groups is 1. The van der Waals surface area contributed by atoms with Crippen LogP contribution in [0.25, 0.3) is 6.08 Å². The summed E-state index contributed by atoms with van der Waals surface area (Å²) in [5.74, 6) is -11.9. The summed E-state index contributed by atoms with van der Waals surface area (Å²) in [4.78, 5) is 39.3. The van der Waals surface area contributed by atoms with Gasteiger partial charge in [-0.25, -0.2) is 17.6 Å². The largest absolute Gasteiger partial charge is 0.493 e. The predicted octanol–water partition coefficient (Wildman–Crippen LogP) is 7.81. The standard InChI is InChI=1S/C34H26F7N3O5S/c1-17(31(45)44-30-28(37)26(35)25(34(39,40)41)27(36)29(30)38)50-21-12-10-20(11-13-21)42-33(47)22(43-32(46)19-7-5-4-6-8-19)15-18-9-14-23(48-2)24(16-18)49-3/h4-17H,1-3H3,(H,42,47)(H,43,46)(H,44,45)/b22-15-. The van der Waals surface area contributed by atoms with Crippen molar-refractivity contribution in [2.75, 3.05) is 24.9 Å². The minimum atomic E-state index is -5.73. The second kappa shape index (κ2) is 15.8. The molecule has 8 nitrogen and oxygen atoms in total. The third-order valence-electron chi connectivity index (χ3n) is 6.84. The second-order valence-electron chi connectivity index (χ2n) is 10.2. The Hall–Kier alpha value is -5.51. The van der Waals surface area contributed by atoms with E-state index in [4.69, 9.17) is 9.47 Å².